The molecule has 0 saturated carbocycles. The summed E-state index contributed by atoms with van der Waals surface area (Å²) >= 11 is 0. The molecule has 2 aromatic heterocycles. The maximum absolute atomic E-state index is 13.2. The molecule has 0 bridgehead atoms. The number of nitrogens with zero attached hydrogens (tertiary/aromatic N) is 2. The molecule has 0 aliphatic heterocycles. The fourth-order valence-electron chi connectivity index (χ4n) is 3.91. The van der Waals surface area contributed by atoms with Crippen LogP contribution in [0, 0.1) is 0 Å². The number of aromatic amines is 1. The zero-order valence-electron chi connectivity index (χ0n) is 22.3. The van der Waals surface area contributed by atoms with Gasteiger partial charge in [-0.05, 0) is 56.2 Å². The van der Waals surface area contributed by atoms with Crippen molar-refractivity contribution in [2.75, 3.05) is 19.5 Å². The third kappa shape index (κ3) is 6.32. The predicted octanol–water partition coefficient (Wildman–Crippen LogP) is 4.27. The van der Waals surface area contributed by atoms with Gasteiger partial charge in [-0.25, -0.2) is 9.78 Å². The molecule has 0 unspecified atom stereocenters. The first-order valence-corrected chi connectivity index (χ1v) is 12.2. The summed E-state index contributed by atoms with van der Waals surface area (Å²) in [7, 11) is 2.98. The van der Waals surface area contributed by atoms with Gasteiger partial charge in [0.1, 0.15) is 11.2 Å². The van der Waals surface area contributed by atoms with E-state index in [-0.39, 0.29) is 23.9 Å². The van der Waals surface area contributed by atoms with E-state index in [1.807, 2.05) is 18.2 Å². The van der Waals surface area contributed by atoms with Crippen molar-refractivity contribution in [1.29, 1.82) is 0 Å². The lowest BCUT2D eigenvalue weighted by Crippen LogP contribution is -2.28. The largest absolute Gasteiger partial charge is 0.480 e. The number of rotatable bonds is 7. The Kier molecular flexibility index (Phi) is 7.80. The number of fused-ring (bicyclic) bond motifs is 1. The van der Waals surface area contributed by atoms with Crippen molar-refractivity contribution in [2.24, 2.45) is 0 Å². The highest BCUT2D eigenvalue weighted by molar-refractivity contribution is 6.05. The quantitative estimate of drug-likeness (QED) is 0.279. The fraction of sp³-hybridized carbons (Fsp3) is 0.250. The Bertz CT molecular complexity index is 1540. The van der Waals surface area contributed by atoms with E-state index >= 15 is 0 Å². The number of hydrogen-bond acceptors (Lipinski definition) is 7. The molecule has 39 heavy (non-hydrogen) atoms. The first-order chi connectivity index (χ1) is 18.6. The van der Waals surface area contributed by atoms with Crippen LogP contribution in [-0.2, 0) is 11.3 Å². The first-order valence-electron chi connectivity index (χ1n) is 12.2. The third-order valence-corrected chi connectivity index (χ3v) is 5.72. The molecule has 4 rings (SSSR count). The molecular weight excluding hydrogens is 500 g/mol. The monoisotopic (exact) mass is 530 g/mol. The highest BCUT2D eigenvalue weighted by Gasteiger charge is 2.19. The predicted molar refractivity (Wildman–Crippen MR) is 147 cm³/mol. The summed E-state index contributed by atoms with van der Waals surface area (Å²) in [6.07, 6.45) is 1.02. The summed E-state index contributed by atoms with van der Waals surface area (Å²) in [6.45, 7) is 5.48. The van der Waals surface area contributed by atoms with Gasteiger partial charge >= 0.3 is 6.09 Å². The van der Waals surface area contributed by atoms with Crippen molar-refractivity contribution in [3.63, 3.8) is 0 Å². The van der Waals surface area contributed by atoms with Crippen LogP contribution in [0.3, 0.4) is 0 Å². The molecule has 0 atom stereocenters. The van der Waals surface area contributed by atoms with E-state index in [2.05, 4.69) is 31.1 Å². The SMILES string of the molecule is CNC(=O)c1n[nH]c2cc(-c3cnc(OC)c(C(=O)NCc4ccccc4NC(=O)OC(C)(C)C)c3)ccc12. The van der Waals surface area contributed by atoms with Crippen molar-refractivity contribution >= 4 is 34.5 Å². The molecule has 0 spiro atoms. The minimum absolute atomic E-state index is 0.139. The van der Waals surface area contributed by atoms with Crippen LogP contribution in [0.25, 0.3) is 22.0 Å². The minimum Gasteiger partial charge on any atom is -0.480 e. The highest BCUT2D eigenvalue weighted by Crippen LogP contribution is 2.28. The number of nitrogens with one attached hydrogen (secondary N) is 4. The molecule has 0 saturated heterocycles. The molecule has 2 aromatic carbocycles. The first kappa shape index (κ1) is 27.1. The fourth-order valence-corrected chi connectivity index (χ4v) is 3.91. The van der Waals surface area contributed by atoms with Gasteiger partial charge in [-0.15, -0.1) is 0 Å². The molecule has 0 fully saturated rings. The average molecular weight is 531 g/mol. The number of benzene rings is 2. The summed E-state index contributed by atoms with van der Waals surface area (Å²) in [5.74, 6) is -0.527. The summed E-state index contributed by atoms with van der Waals surface area (Å²) in [4.78, 5) is 41.8. The number of anilines is 1. The Balaban J connectivity index is 1.54. The number of amides is 3. The van der Waals surface area contributed by atoms with E-state index in [0.717, 1.165) is 5.56 Å². The Morgan fingerprint density at radius 3 is 2.49 bits per heavy atom. The zero-order chi connectivity index (χ0) is 28.2. The van der Waals surface area contributed by atoms with Crippen molar-refractivity contribution in [1.82, 2.24) is 25.8 Å². The lowest BCUT2D eigenvalue weighted by Gasteiger charge is -2.20. The summed E-state index contributed by atoms with van der Waals surface area (Å²) in [5, 5.41) is 15.8. The van der Waals surface area contributed by atoms with Crippen LogP contribution < -0.4 is 20.7 Å². The maximum atomic E-state index is 13.2. The third-order valence-electron chi connectivity index (χ3n) is 5.72. The zero-order valence-corrected chi connectivity index (χ0v) is 22.3. The van der Waals surface area contributed by atoms with Crippen LogP contribution in [0.2, 0.25) is 0 Å². The lowest BCUT2D eigenvalue weighted by atomic mass is 10.0. The van der Waals surface area contributed by atoms with Crippen LogP contribution >= 0.6 is 0 Å². The van der Waals surface area contributed by atoms with E-state index in [1.165, 1.54) is 7.11 Å². The molecule has 0 radical (unpaired) electrons. The Labute approximate surface area is 225 Å². The van der Waals surface area contributed by atoms with E-state index < -0.39 is 17.6 Å². The number of pyridine rings is 1. The molecule has 11 heteroatoms. The van der Waals surface area contributed by atoms with Gasteiger partial charge in [0, 0.05) is 36.4 Å². The van der Waals surface area contributed by atoms with Crippen molar-refractivity contribution in [3.05, 3.63) is 71.5 Å². The normalized spacial score (nSPS) is 11.1. The van der Waals surface area contributed by atoms with Gasteiger partial charge in [0.15, 0.2) is 5.69 Å². The molecule has 2 heterocycles. The average Bonchev–Trinajstić information content (AvgIpc) is 3.34. The number of carbonyl (C=O) groups is 3. The molecule has 3 amide bonds. The van der Waals surface area contributed by atoms with E-state index in [9.17, 15) is 14.4 Å². The second-order valence-electron chi connectivity index (χ2n) is 9.66. The maximum Gasteiger partial charge on any atom is 0.412 e. The number of para-hydroxylation sites is 1. The highest BCUT2D eigenvalue weighted by atomic mass is 16.6. The van der Waals surface area contributed by atoms with Crippen LogP contribution in [0.15, 0.2) is 54.7 Å². The summed E-state index contributed by atoms with van der Waals surface area (Å²) in [6, 6.07) is 14.3. The van der Waals surface area contributed by atoms with Gasteiger partial charge in [-0.2, -0.15) is 5.10 Å². The number of methoxy groups -OCH3 is 1. The Morgan fingerprint density at radius 1 is 1.00 bits per heavy atom. The standard InChI is InChI=1S/C28H30N6O5/c1-28(2,3)39-27(37)32-21-9-7-6-8-17(21)14-30-24(35)20-12-18(15-31-26(20)38-5)16-10-11-19-22(13-16)33-34-23(19)25(36)29-4/h6-13,15H,14H2,1-5H3,(H,29,36)(H,30,35)(H,32,37)(H,33,34). The molecule has 4 aromatic rings. The van der Waals surface area contributed by atoms with Crippen LogP contribution in [-0.4, -0.2) is 52.8 Å². The number of H-pyrrole nitrogens is 1. The molecule has 4 N–H and O–H groups in total. The van der Waals surface area contributed by atoms with Gasteiger partial charge in [0.2, 0.25) is 5.88 Å². The summed E-state index contributed by atoms with van der Waals surface area (Å²) < 4.78 is 10.7. The van der Waals surface area contributed by atoms with Crippen LogP contribution in [0.4, 0.5) is 10.5 Å². The van der Waals surface area contributed by atoms with Gasteiger partial charge in [-0.1, -0.05) is 24.3 Å². The number of carbonyl (C=O) groups excluding carboxylic acids is 3. The minimum atomic E-state index is -0.643. The molecule has 0 aliphatic carbocycles. The lowest BCUT2D eigenvalue weighted by molar-refractivity contribution is 0.0635. The topological polar surface area (TPSA) is 147 Å². The van der Waals surface area contributed by atoms with Gasteiger partial charge in [0.05, 0.1) is 12.6 Å². The second-order valence-corrected chi connectivity index (χ2v) is 9.66. The Morgan fingerprint density at radius 2 is 1.77 bits per heavy atom. The van der Waals surface area contributed by atoms with E-state index in [0.29, 0.717) is 33.4 Å². The van der Waals surface area contributed by atoms with Crippen LogP contribution in [0.5, 0.6) is 5.88 Å². The molecule has 0 aliphatic rings. The van der Waals surface area contributed by atoms with Crippen LogP contribution in [0.1, 0.15) is 47.2 Å². The molecule has 11 nitrogen and oxygen atoms in total. The number of aromatic nitrogens is 3. The number of ether oxygens (including phenoxy) is 2. The van der Waals surface area contributed by atoms with Gasteiger partial charge in [0.25, 0.3) is 11.8 Å². The molecule has 202 valence electrons. The van der Waals surface area contributed by atoms with Crippen molar-refractivity contribution in [3.8, 4) is 17.0 Å². The van der Waals surface area contributed by atoms with Crippen molar-refractivity contribution < 1.29 is 23.9 Å². The Hall–Kier alpha value is -4.93. The van der Waals surface area contributed by atoms with E-state index in [4.69, 9.17) is 9.47 Å². The second kappa shape index (κ2) is 11.2. The molecular formula is C28H30N6O5. The van der Waals surface area contributed by atoms with Gasteiger partial charge < -0.3 is 20.1 Å². The summed E-state index contributed by atoms with van der Waals surface area (Å²) in [5.41, 5.74) is 3.22. The van der Waals surface area contributed by atoms with Gasteiger partial charge in [-0.3, -0.25) is 20.0 Å². The number of hydrogen-bond donors (Lipinski definition) is 4. The smallest absolute Gasteiger partial charge is 0.412 e. The van der Waals surface area contributed by atoms with Crippen molar-refractivity contribution in [2.45, 2.75) is 32.9 Å². The van der Waals surface area contributed by atoms with E-state index in [1.54, 1.807) is 64.3 Å².